The van der Waals surface area contributed by atoms with E-state index in [2.05, 4.69) is 0 Å². The molecule has 2 heterocycles. The molecular weight excluding hydrogens is 504 g/mol. The summed E-state index contributed by atoms with van der Waals surface area (Å²) in [6, 6.07) is 17.8. The fraction of sp³-hybridized carbons (Fsp3) is 0.200. The van der Waals surface area contributed by atoms with Crippen LogP contribution in [0.4, 0.5) is 0 Å². The Balaban J connectivity index is 1.52. The quantitative estimate of drug-likeness (QED) is 0.209. The molecule has 9 nitrogen and oxygen atoms in total. The van der Waals surface area contributed by atoms with Crippen LogP contribution in [0, 0.1) is 0 Å². The maximum atomic E-state index is 11.7. The Morgan fingerprint density at radius 2 is 1.21 bits per heavy atom. The van der Waals surface area contributed by atoms with Crippen LogP contribution in [-0.2, 0) is 6.42 Å². The van der Waals surface area contributed by atoms with Crippen molar-refractivity contribution in [2.75, 3.05) is 0 Å². The summed E-state index contributed by atoms with van der Waals surface area (Å²) in [5.74, 6) is -1.45. The maximum absolute atomic E-state index is 11.7. The fourth-order valence-corrected chi connectivity index (χ4v) is 5.53. The first-order chi connectivity index (χ1) is 18.7. The van der Waals surface area contributed by atoms with E-state index in [0.29, 0.717) is 16.7 Å². The third-order valence-corrected chi connectivity index (χ3v) is 7.35. The smallest absolute Gasteiger partial charge is 0.150 e. The van der Waals surface area contributed by atoms with Crippen LogP contribution in [0.5, 0.6) is 40.2 Å². The highest BCUT2D eigenvalue weighted by Crippen LogP contribution is 2.55. The standard InChI is InChI=1S/C30H26O9/c31-17-6-1-14(2-7-17)28-22(36)11-16-5-10-20(34)25(29(16)39-28)26-24-21(35)12-19(33)13-23(24)38-30(27(26)37)15-3-8-18(32)9-4-15/h1-10,12-13,22,26-28,30-37H,11H2/t22-,26-,27-,28+,30+/m0/s1. The van der Waals surface area contributed by atoms with Crippen molar-refractivity contribution < 1.29 is 45.2 Å². The van der Waals surface area contributed by atoms with Gasteiger partial charge in [-0.1, -0.05) is 30.3 Å². The Hall–Kier alpha value is -4.60. The van der Waals surface area contributed by atoms with Crippen molar-refractivity contribution in [1.82, 2.24) is 0 Å². The molecule has 2 aliphatic heterocycles. The van der Waals surface area contributed by atoms with E-state index < -0.39 is 30.3 Å². The Morgan fingerprint density at radius 1 is 0.590 bits per heavy atom. The van der Waals surface area contributed by atoms with Crippen molar-refractivity contribution in [3.05, 3.63) is 101 Å². The van der Waals surface area contributed by atoms with Crippen LogP contribution in [0.15, 0.2) is 72.8 Å². The zero-order chi connectivity index (χ0) is 27.4. The normalized spacial score (nSPS) is 23.7. The maximum Gasteiger partial charge on any atom is 0.150 e. The number of ether oxygens (including phenoxy) is 2. The van der Waals surface area contributed by atoms with E-state index in [1.807, 2.05) is 0 Å². The molecule has 0 aliphatic carbocycles. The zero-order valence-electron chi connectivity index (χ0n) is 20.5. The van der Waals surface area contributed by atoms with Gasteiger partial charge in [0.05, 0.1) is 12.0 Å². The number of phenolic OH excluding ortho intramolecular Hbond substituents is 5. The number of hydrogen-bond acceptors (Lipinski definition) is 9. The van der Waals surface area contributed by atoms with E-state index in [9.17, 15) is 35.7 Å². The fourth-order valence-electron chi connectivity index (χ4n) is 5.53. The van der Waals surface area contributed by atoms with Gasteiger partial charge in [-0.05, 0) is 47.0 Å². The van der Waals surface area contributed by atoms with E-state index in [1.54, 1.807) is 30.3 Å². The van der Waals surface area contributed by atoms with Gasteiger partial charge in [0.1, 0.15) is 52.5 Å². The third-order valence-electron chi connectivity index (χ3n) is 7.35. The number of phenols is 5. The topological polar surface area (TPSA) is 160 Å². The molecule has 7 N–H and O–H groups in total. The lowest BCUT2D eigenvalue weighted by atomic mass is 9.77. The van der Waals surface area contributed by atoms with Gasteiger partial charge in [-0.2, -0.15) is 0 Å². The second-order valence-corrected chi connectivity index (χ2v) is 9.86. The molecular formula is C30H26O9. The van der Waals surface area contributed by atoms with Crippen LogP contribution in [-0.4, -0.2) is 48.0 Å². The van der Waals surface area contributed by atoms with Crippen molar-refractivity contribution in [2.24, 2.45) is 0 Å². The van der Waals surface area contributed by atoms with Gasteiger partial charge in [-0.3, -0.25) is 0 Å². The third kappa shape index (κ3) is 4.21. The second kappa shape index (κ2) is 9.30. The molecule has 200 valence electrons. The number of aromatic hydroxyl groups is 5. The lowest BCUT2D eigenvalue weighted by molar-refractivity contribution is 0.00150. The molecule has 5 atom stereocenters. The Kier molecular flexibility index (Phi) is 5.90. The summed E-state index contributed by atoms with van der Waals surface area (Å²) < 4.78 is 12.4. The van der Waals surface area contributed by atoms with E-state index in [-0.39, 0.29) is 57.8 Å². The summed E-state index contributed by atoms with van der Waals surface area (Å²) in [7, 11) is 0. The highest BCUT2D eigenvalue weighted by Gasteiger charge is 2.45. The van der Waals surface area contributed by atoms with Crippen LogP contribution in [0.2, 0.25) is 0 Å². The summed E-state index contributed by atoms with van der Waals surface area (Å²) >= 11 is 0. The summed E-state index contributed by atoms with van der Waals surface area (Å²) in [6.45, 7) is 0. The van der Waals surface area contributed by atoms with E-state index in [0.717, 1.165) is 6.07 Å². The molecule has 0 aromatic heterocycles. The van der Waals surface area contributed by atoms with Crippen molar-refractivity contribution >= 4 is 0 Å². The Labute approximate surface area is 223 Å². The van der Waals surface area contributed by atoms with E-state index in [1.165, 1.54) is 36.4 Å². The average molecular weight is 531 g/mol. The predicted molar refractivity (Wildman–Crippen MR) is 138 cm³/mol. The highest BCUT2D eigenvalue weighted by molar-refractivity contribution is 5.63. The van der Waals surface area contributed by atoms with Gasteiger partial charge in [0, 0.05) is 29.7 Å². The summed E-state index contributed by atoms with van der Waals surface area (Å²) in [6.07, 6.45) is -3.93. The first-order valence-corrected chi connectivity index (χ1v) is 12.4. The molecule has 0 amide bonds. The van der Waals surface area contributed by atoms with Crippen molar-refractivity contribution in [3.63, 3.8) is 0 Å². The molecule has 4 aromatic rings. The van der Waals surface area contributed by atoms with Crippen LogP contribution in [0.1, 0.15) is 45.9 Å². The van der Waals surface area contributed by atoms with Gasteiger partial charge in [0.25, 0.3) is 0 Å². The molecule has 0 saturated heterocycles. The van der Waals surface area contributed by atoms with E-state index in [4.69, 9.17) is 9.47 Å². The Morgan fingerprint density at radius 3 is 1.85 bits per heavy atom. The van der Waals surface area contributed by atoms with Gasteiger partial charge in [-0.25, -0.2) is 0 Å². The molecule has 0 unspecified atom stereocenters. The highest BCUT2D eigenvalue weighted by atomic mass is 16.5. The molecule has 0 saturated carbocycles. The summed E-state index contributed by atoms with van der Waals surface area (Å²) in [4.78, 5) is 0. The molecule has 2 aliphatic rings. The first kappa shape index (κ1) is 24.7. The van der Waals surface area contributed by atoms with Gasteiger partial charge in [-0.15, -0.1) is 0 Å². The zero-order valence-corrected chi connectivity index (χ0v) is 20.5. The molecule has 0 spiro atoms. The number of aliphatic hydroxyl groups is 2. The predicted octanol–water partition coefficient (Wildman–Crippen LogP) is 3.88. The monoisotopic (exact) mass is 530 g/mol. The number of rotatable bonds is 3. The lowest BCUT2D eigenvalue weighted by Crippen LogP contribution is -2.36. The lowest BCUT2D eigenvalue weighted by Gasteiger charge is -2.40. The van der Waals surface area contributed by atoms with Gasteiger partial charge < -0.3 is 45.2 Å². The van der Waals surface area contributed by atoms with E-state index >= 15 is 0 Å². The molecule has 0 radical (unpaired) electrons. The number of hydrogen-bond donors (Lipinski definition) is 7. The molecule has 9 heteroatoms. The summed E-state index contributed by atoms with van der Waals surface area (Å²) in [5.41, 5.74) is 2.04. The average Bonchev–Trinajstić information content (AvgIpc) is 2.90. The summed E-state index contributed by atoms with van der Waals surface area (Å²) in [5, 5.41) is 74.3. The Bertz CT molecular complexity index is 1530. The molecule has 39 heavy (non-hydrogen) atoms. The molecule has 4 aromatic carbocycles. The van der Waals surface area contributed by atoms with Crippen LogP contribution in [0.3, 0.4) is 0 Å². The number of benzene rings is 4. The number of fused-ring (bicyclic) bond motifs is 2. The SMILES string of the molecule is Oc1ccc([C@H]2Oc3cc(O)cc(O)c3[C@@H](c3c(O)ccc4c3O[C@H](c3ccc(O)cc3)[C@@H](O)C4)[C@@H]2O)cc1. The van der Waals surface area contributed by atoms with Gasteiger partial charge >= 0.3 is 0 Å². The number of aliphatic hydroxyl groups excluding tert-OH is 2. The molecule has 0 bridgehead atoms. The van der Waals surface area contributed by atoms with Gasteiger partial charge in [0.2, 0.25) is 0 Å². The largest absolute Gasteiger partial charge is 0.508 e. The van der Waals surface area contributed by atoms with Crippen LogP contribution >= 0.6 is 0 Å². The van der Waals surface area contributed by atoms with Crippen molar-refractivity contribution in [2.45, 2.75) is 36.8 Å². The minimum absolute atomic E-state index is 0.0262. The van der Waals surface area contributed by atoms with Crippen molar-refractivity contribution in [1.29, 1.82) is 0 Å². The molecule has 6 rings (SSSR count). The minimum Gasteiger partial charge on any atom is -0.508 e. The van der Waals surface area contributed by atoms with Crippen LogP contribution in [0.25, 0.3) is 0 Å². The first-order valence-electron chi connectivity index (χ1n) is 12.4. The van der Waals surface area contributed by atoms with Gasteiger partial charge in [0.15, 0.2) is 6.10 Å². The van der Waals surface area contributed by atoms with Crippen molar-refractivity contribution in [3.8, 4) is 40.2 Å². The second-order valence-electron chi connectivity index (χ2n) is 9.86. The molecule has 0 fully saturated rings. The minimum atomic E-state index is -1.35. The van der Waals surface area contributed by atoms with Crippen LogP contribution < -0.4 is 9.47 Å².